The Kier molecular flexibility index (Phi) is 3.71. The molecule has 0 aromatic heterocycles. The zero-order valence-corrected chi connectivity index (χ0v) is 10.8. The molecule has 0 atom stereocenters. The summed E-state index contributed by atoms with van der Waals surface area (Å²) in [7, 11) is 2.93. The van der Waals surface area contributed by atoms with Crippen LogP contribution < -0.4 is 10.5 Å². The summed E-state index contributed by atoms with van der Waals surface area (Å²) in [5.41, 5.74) is 8.39. The van der Waals surface area contributed by atoms with E-state index in [9.17, 15) is 4.79 Å². The van der Waals surface area contributed by atoms with E-state index >= 15 is 0 Å². The van der Waals surface area contributed by atoms with Crippen molar-refractivity contribution in [3.8, 4) is 16.9 Å². The number of hydrogen-bond acceptors (Lipinski definition) is 4. The molecule has 0 heterocycles. The van der Waals surface area contributed by atoms with Crippen molar-refractivity contribution in [3.05, 3.63) is 48.0 Å². The fourth-order valence-corrected chi connectivity index (χ4v) is 1.96. The molecule has 0 radical (unpaired) electrons. The third kappa shape index (κ3) is 2.38. The summed E-state index contributed by atoms with van der Waals surface area (Å²) in [6.07, 6.45) is 0. The van der Waals surface area contributed by atoms with Crippen LogP contribution in [0.25, 0.3) is 11.1 Å². The van der Waals surface area contributed by atoms with Gasteiger partial charge in [0.25, 0.3) is 0 Å². The summed E-state index contributed by atoms with van der Waals surface area (Å²) in [4.78, 5) is 11.6. The maximum absolute atomic E-state index is 11.6. The predicted octanol–water partition coefficient (Wildman–Crippen LogP) is 2.73. The molecule has 2 aromatic carbocycles. The molecule has 0 aliphatic carbocycles. The molecule has 2 N–H and O–H groups in total. The van der Waals surface area contributed by atoms with Gasteiger partial charge in [-0.3, -0.25) is 0 Å². The van der Waals surface area contributed by atoms with Crippen molar-refractivity contribution in [3.63, 3.8) is 0 Å². The van der Waals surface area contributed by atoms with Gasteiger partial charge in [0.2, 0.25) is 0 Å². The Morgan fingerprint density at radius 2 is 1.68 bits per heavy atom. The molecule has 98 valence electrons. The largest absolute Gasteiger partial charge is 0.496 e. The number of anilines is 1. The van der Waals surface area contributed by atoms with E-state index in [1.165, 1.54) is 7.11 Å². The van der Waals surface area contributed by atoms with Gasteiger partial charge in [0.05, 0.1) is 25.5 Å². The Morgan fingerprint density at radius 3 is 2.37 bits per heavy atom. The molecule has 0 aliphatic rings. The molecule has 0 fully saturated rings. The smallest absolute Gasteiger partial charge is 0.339 e. The molecule has 0 aliphatic heterocycles. The summed E-state index contributed by atoms with van der Waals surface area (Å²) < 4.78 is 10.0. The molecule has 4 heteroatoms. The van der Waals surface area contributed by atoms with Gasteiger partial charge in [0.15, 0.2) is 0 Å². The van der Waals surface area contributed by atoms with Gasteiger partial charge in [-0.1, -0.05) is 30.3 Å². The van der Waals surface area contributed by atoms with Gasteiger partial charge in [-0.15, -0.1) is 0 Å². The first-order chi connectivity index (χ1) is 9.19. The maximum atomic E-state index is 11.6. The molecule has 4 nitrogen and oxygen atoms in total. The number of ether oxygens (including phenoxy) is 2. The Morgan fingerprint density at radius 1 is 1.00 bits per heavy atom. The molecular formula is C15H15NO3. The second kappa shape index (κ2) is 5.44. The van der Waals surface area contributed by atoms with Gasteiger partial charge in [-0.2, -0.15) is 0 Å². The van der Waals surface area contributed by atoms with E-state index in [-0.39, 0.29) is 0 Å². The fourth-order valence-electron chi connectivity index (χ4n) is 1.96. The highest BCUT2D eigenvalue weighted by Gasteiger charge is 2.15. The first kappa shape index (κ1) is 13.0. The van der Waals surface area contributed by atoms with Crippen LogP contribution in [-0.4, -0.2) is 20.2 Å². The molecule has 0 spiro atoms. The zero-order valence-electron chi connectivity index (χ0n) is 10.8. The van der Waals surface area contributed by atoms with E-state index in [2.05, 4.69) is 0 Å². The molecule has 0 amide bonds. The Balaban J connectivity index is 2.60. The summed E-state index contributed by atoms with van der Waals surface area (Å²) in [6, 6.07) is 12.8. The standard InChI is InChI=1S/C15H15NO3/c1-18-13-9-4-3-6-10(13)11-7-5-8-12(14(11)16)15(17)19-2/h3-9H,16H2,1-2H3. The van der Waals surface area contributed by atoms with Crippen LogP contribution in [0.15, 0.2) is 42.5 Å². The number of hydrogen-bond donors (Lipinski definition) is 1. The highest BCUT2D eigenvalue weighted by Crippen LogP contribution is 2.35. The van der Waals surface area contributed by atoms with Gasteiger partial charge in [-0.05, 0) is 12.1 Å². The van der Waals surface area contributed by atoms with Crippen LogP contribution in [0.4, 0.5) is 5.69 Å². The van der Waals surface area contributed by atoms with Gasteiger partial charge in [-0.25, -0.2) is 4.79 Å². The maximum Gasteiger partial charge on any atom is 0.339 e. The van der Waals surface area contributed by atoms with E-state index in [4.69, 9.17) is 15.2 Å². The van der Waals surface area contributed by atoms with Crippen molar-refractivity contribution in [2.45, 2.75) is 0 Å². The number of nitrogen functional groups attached to an aromatic ring is 1. The van der Waals surface area contributed by atoms with Crippen molar-refractivity contribution in [2.24, 2.45) is 0 Å². The van der Waals surface area contributed by atoms with E-state index < -0.39 is 5.97 Å². The van der Waals surface area contributed by atoms with Crippen LogP contribution in [0.3, 0.4) is 0 Å². The molecule has 0 saturated carbocycles. The summed E-state index contributed by atoms with van der Waals surface area (Å²) >= 11 is 0. The molecule has 2 rings (SSSR count). The minimum Gasteiger partial charge on any atom is -0.496 e. The fraction of sp³-hybridized carbons (Fsp3) is 0.133. The van der Waals surface area contributed by atoms with Crippen LogP contribution >= 0.6 is 0 Å². The van der Waals surface area contributed by atoms with Crippen molar-refractivity contribution >= 4 is 11.7 Å². The van der Waals surface area contributed by atoms with Crippen LogP contribution in [0.5, 0.6) is 5.75 Å². The molecule has 19 heavy (non-hydrogen) atoms. The van der Waals surface area contributed by atoms with E-state index in [0.29, 0.717) is 17.0 Å². The Hall–Kier alpha value is -2.49. The molecule has 0 saturated heterocycles. The average molecular weight is 257 g/mol. The lowest BCUT2D eigenvalue weighted by Crippen LogP contribution is -2.06. The number of benzene rings is 2. The second-order valence-corrected chi connectivity index (χ2v) is 3.96. The first-order valence-corrected chi connectivity index (χ1v) is 5.79. The average Bonchev–Trinajstić information content (AvgIpc) is 2.46. The second-order valence-electron chi connectivity index (χ2n) is 3.96. The van der Waals surface area contributed by atoms with Gasteiger partial charge in [0, 0.05) is 11.1 Å². The normalized spacial score (nSPS) is 10.0. The third-order valence-corrected chi connectivity index (χ3v) is 2.91. The van der Waals surface area contributed by atoms with Crippen LogP contribution in [0.2, 0.25) is 0 Å². The Labute approximate surface area is 111 Å². The van der Waals surface area contributed by atoms with Gasteiger partial charge >= 0.3 is 5.97 Å². The van der Waals surface area contributed by atoms with Crippen LogP contribution in [0, 0.1) is 0 Å². The minimum atomic E-state index is -0.450. The van der Waals surface area contributed by atoms with Crippen molar-refractivity contribution < 1.29 is 14.3 Å². The topological polar surface area (TPSA) is 61.5 Å². The lowest BCUT2D eigenvalue weighted by atomic mass is 9.99. The van der Waals surface area contributed by atoms with Crippen LogP contribution in [0.1, 0.15) is 10.4 Å². The third-order valence-electron chi connectivity index (χ3n) is 2.91. The molecule has 0 bridgehead atoms. The summed E-state index contributed by atoms with van der Waals surface area (Å²) in [6.45, 7) is 0. The first-order valence-electron chi connectivity index (χ1n) is 5.79. The highest BCUT2D eigenvalue weighted by molar-refractivity contribution is 5.99. The molecular weight excluding hydrogens is 242 g/mol. The van der Waals surface area contributed by atoms with E-state index in [0.717, 1.165) is 11.1 Å². The summed E-state index contributed by atoms with van der Waals surface area (Å²) in [5.74, 6) is 0.255. The molecule has 2 aromatic rings. The number of carbonyl (C=O) groups excluding carboxylic acids is 1. The quantitative estimate of drug-likeness (QED) is 0.678. The number of methoxy groups -OCH3 is 2. The lowest BCUT2D eigenvalue weighted by Gasteiger charge is -2.12. The number of carbonyl (C=O) groups is 1. The number of esters is 1. The Bertz CT molecular complexity index is 608. The number of nitrogens with two attached hydrogens (primary N) is 1. The van der Waals surface area contributed by atoms with Crippen molar-refractivity contribution in [2.75, 3.05) is 20.0 Å². The lowest BCUT2D eigenvalue weighted by molar-refractivity contribution is 0.0602. The van der Waals surface area contributed by atoms with Gasteiger partial charge < -0.3 is 15.2 Å². The van der Waals surface area contributed by atoms with Crippen molar-refractivity contribution in [1.29, 1.82) is 0 Å². The zero-order chi connectivity index (χ0) is 13.8. The molecule has 0 unspecified atom stereocenters. The monoisotopic (exact) mass is 257 g/mol. The summed E-state index contributed by atoms with van der Waals surface area (Å²) in [5, 5.41) is 0. The van der Waals surface area contributed by atoms with E-state index in [1.807, 2.05) is 30.3 Å². The van der Waals surface area contributed by atoms with E-state index in [1.54, 1.807) is 19.2 Å². The SMILES string of the molecule is COC(=O)c1cccc(-c2ccccc2OC)c1N. The van der Waals surface area contributed by atoms with Crippen LogP contribution in [-0.2, 0) is 4.74 Å². The van der Waals surface area contributed by atoms with Crippen molar-refractivity contribution in [1.82, 2.24) is 0 Å². The minimum absolute atomic E-state index is 0.353. The predicted molar refractivity (Wildman–Crippen MR) is 74.2 cm³/mol. The van der Waals surface area contributed by atoms with Gasteiger partial charge in [0.1, 0.15) is 5.75 Å². The number of para-hydroxylation sites is 2. The number of rotatable bonds is 3. The highest BCUT2D eigenvalue weighted by atomic mass is 16.5.